The standard InChI is InChI=1S/C19H27NO5/c1-3-14(2)15-6-4-5-7-16(15)25-13-17(21)20-19(12-18(22)23)8-10-24-11-9-19/h4-7,14H,3,8-13H2,1-2H3,(H,20,21)(H,22,23). The summed E-state index contributed by atoms with van der Waals surface area (Å²) < 4.78 is 11.0. The summed E-state index contributed by atoms with van der Waals surface area (Å²) >= 11 is 0. The van der Waals surface area contributed by atoms with Crippen LogP contribution >= 0.6 is 0 Å². The molecule has 1 aromatic carbocycles. The maximum Gasteiger partial charge on any atom is 0.305 e. The molecule has 0 spiro atoms. The van der Waals surface area contributed by atoms with Gasteiger partial charge < -0.3 is 19.9 Å². The van der Waals surface area contributed by atoms with E-state index in [0.29, 0.717) is 37.7 Å². The Bertz CT molecular complexity index is 595. The zero-order valence-electron chi connectivity index (χ0n) is 14.9. The van der Waals surface area contributed by atoms with Gasteiger partial charge in [-0.2, -0.15) is 0 Å². The van der Waals surface area contributed by atoms with Crippen LogP contribution < -0.4 is 10.1 Å². The molecule has 2 N–H and O–H groups in total. The van der Waals surface area contributed by atoms with Crippen LogP contribution in [0.5, 0.6) is 5.75 Å². The SMILES string of the molecule is CCC(C)c1ccccc1OCC(=O)NC1(CC(=O)O)CCOCC1. The van der Waals surface area contributed by atoms with E-state index in [0.717, 1.165) is 12.0 Å². The van der Waals surface area contributed by atoms with Crippen LogP contribution in [0.15, 0.2) is 24.3 Å². The molecule has 6 nitrogen and oxygen atoms in total. The number of rotatable bonds is 8. The van der Waals surface area contributed by atoms with Gasteiger partial charge in [-0.05, 0) is 36.8 Å². The van der Waals surface area contributed by atoms with Crippen LogP contribution in [0.25, 0.3) is 0 Å². The number of carbonyl (C=O) groups is 2. The van der Waals surface area contributed by atoms with Crippen LogP contribution in [-0.2, 0) is 14.3 Å². The number of nitrogens with one attached hydrogen (secondary N) is 1. The quantitative estimate of drug-likeness (QED) is 0.754. The van der Waals surface area contributed by atoms with Crippen molar-refractivity contribution in [3.63, 3.8) is 0 Å². The van der Waals surface area contributed by atoms with Gasteiger partial charge in [0.25, 0.3) is 5.91 Å². The Kier molecular flexibility index (Phi) is 6.82. The summed E-state index contributed by atoms with van der Waals surface area (Å²) in [6.07, 6.45) is 1.86. The Morgan fingerprint density at radius 3 is 2.64 bits per heavy atom. The van der Waals surface area contributed by atoms with Gasteiger partial charge in [-0.1, -0.05) is 32.0 Å². The fraction of sp³-hybridized carbons (Fsp3) is 0.579. The van der Waals surface area contributed by atoms with Gasteiger partial charge in [0.05, 0.1) is 12.0 Å². The van der Waals surface area contributed by atoms with Crippen molar-refractivity contribution in [2.75, 3.05) is 19.8 Å². The van der Waals surface area contributed by atoms with Gasteiger partial charge in [0.1, 0.15) is 5.75 Å². The second-order valence-electron chi connectivity index (χ2n) is 6.65. The number of para-hydroxylation sites is 1. The summed E-state index contributed by atoms with van der Waals surface area (Å²) in [7, 11) is 0. The summed E-state index contributed by atoms with van der Waals surface area (Å²) in [6.45, 7) is 4.99. The number of benzene rings is 1. The van der Waals surface area contributed by atoms with Gasteiger partial charge in [-0.25, -0.2) is 0 Å². The molecule has 0 aromatic heterocycles. The van der Waals surface area contributed by atoms with Crippen molar-refractivity contribution in [2.45, 2.75) is 51.0 Å². The summed E-state index contributed by atoms with van der Waals surface area (Å²) in [5.74, 6) is -0.188. The Morgan fingerprint density at radius 2 is 2.00 bits per heavy atom. The van der Waals surface area contributed by atoms with Gasteiger partial charge in [-0.15, -0.1) is 0 Å². The molecule has 1 saturated heterocycles. The molecule has 2 rings (SSSR count). The third kappa shape index (κ3) is 5.46. The summed E-state index contributed by atoms with van der Waals surface area (Å²) in [5.41, 5.74) is 0.324. The minimum atomic E-state index is -0.926. The van der Waals surface area contributed by atoms with Crippen LogP contribution in [0.2, 0.25) is 0 Å². The maximum absolute atomic E-state index is 12.4. The second kappa shape index (κ2) is 8.85. The Balaban J connectivity index is 1.99. The summed E-state index contributed by atoms with van der Waals surface area (Å²) in [5, 5.41) is 12.0. The van der Waals surface area contributed by atoms with Crippen molar-refractivity contribution in [2.24, 2.45) is 0 Å². The van der Waals surface area contributed by atoms with E-state index >= 15 is 0 Å². The minimum absolute atomic E-state index is 0.106. The third-order valence-electron chi connectivity index (χ3n) is 4.77. The highest BCUT2D eigenvalue weighted by atomic mass is 16.5. The molecule has 25 heavy (non-hydrogen) atoms. The lowest BCUT2D eigenvalue weighted by atomic mass is 9.86. The number of carboxylic acid groups (broad SMARTS) is 1. The van der Waals surface area contributed by atoms with E-state index in [9.17, 15) is 9.59 Å². The number of carboxylic acids is 1. The average molecular weight is 349 g/mol. The molecule has 1 heterocycles. The molecule has 6 heteroatoms. The normalized spacial score (nSPS) is 17.5. The molecular formula is C19H27NO5. The van der Waals surface area contributed by atoms with Gasteiger partial charge in [0, 0.05) is 13.2 Å². The highest BCUT2D eigenvalue weighted by Crippen LogP contribution is 2.28. The second-order valence-corrected chi connectivity index (χ2v) is 6.65. The molecule has 0 radical (unpaired) electrons. The van der Waals surface area contributed by atoms with Gasteiger partial charge in [0.2, 0.25) is 0 Å². The lowest BCUT2D eigenvalue weighted by Gasteiger charge is -2.36. The first-order chi connectivity index (χ1) is 12.0. The highest BCUT2D eigenvalue weighted by Gasteiger charge is 2.36. The highest BCUT2D eigenvalue weighted by molar-refractivity contribution is 5.79. The molecule has 0 aliphatic carbocycles. The summed E-state index contributed by atoms with van der Waals surface area (Å²) in [6, 6.07) is 7.70. The average Bonchev–Trinajstić information content (AvgIpc) is 2.59. The number of carbonyl (C=O) groups excluding carboxylic acids is 1. The van der Waals surface area contributed by atoms with Crippen LogP contribution in [0, 0.1) is 0 Å². The van der Waals surface area contributed by atoms with E-state index in [1.807, 2.05) is 24.3 Å². The van der Waals surface area contributed by atoms with Crippen LogP contribution in [0.3, 0.4) is 0 Å². The molecule has 1 atom stereocenters. The molecule has 1 fully saturated rings. The first-order valence-electron chi connectivity index (χ1n) is 8.78. The monoisotopic (exact) mass is 349 g/mol. The number of amides is 1. The third-order valence-corrected chi connectivity index (χ3v) is 4.77. The largest absolute Gasteiger partial charge is 0.483 e. The molecule has 1 unspecified atom stereocenters. The van der Waals surface area contributed by atoms with Crippen molar-refractivity contribution < 1.29 is 24.2 Å². The maximum atomic E-state index is 12.4. The van der Waals surface area contributed by atoms with Crippen LogP contribution in [-0.4, -0.2) is 42.3 Å². The van der Waals surface area contributed by atoms with Crippen molar-refractivity contribution in [1.82, 2.24) is 5.32 Å². The van der Waals surface area contributed by atoms with E-state index in [-0.39, 0.29) is 18.9 Å². The zero-order chi connectivity index (χ0) is 18.3. The van der Waals surface area contributed by atoms with E-state index in [2.05, 4.69) is 19.2 Å². The van der Waals surface area contributed by atoms with Crippen molar-refractivity contribution in [3.05, 3.63) is 29.8 Å². The fourth-order valence-electron chi connectivity index (χ4n) is 3.11. The molecule has 1 aromatic rings. The number of hydrogen-bond acceptors (Lipinski definition) is 4. The number of ether oxygens (including phenoxy) is 2. The first-order valence-corrected chi connectivity index (χ1v) is 8.78. The van der Waals surface area contributed by atoms with Crippen LogP contribution in [0.4, 0.5) is 0 Å². The van der Waals surface area contributed by atoms with E-state index in [1.165, 1.54) is 0 Å². The van der Waals surface area contributed by atoms with Gasteiger partial charge >= 0.3 is 5.97 Å². The number of hydrogen-bond donors (Lipinski definition) is 2. The Morgan fingerprint density at radius 1 is 1.32 bits per heavy atom. The zero-order valence-corrected chi connectivity index (χ0v) is 14.9. The lowest BCUT2D eigenvalue weighted by Crippen LogP contribution is -2.54. The predicted octanol–water partition coefficient (Wildman–Crippen LogP) is 2.72. The van der Waals surface area contributed by atoms with E-state index in [4.69, 9.17) is 14.6 Å². The van der Waals surface area contributed by atoms with Crippen molar-refractivity contribution in [3.8, 4) is 5.75 Å². The molecule has 0 bridgehead atoms. The predicted molar refractivity (Wildman–Crippen MR) is 93.8 cm³/mol. The van der Waals surface area contributed by atoms with E-state index < -0.39 is 11.5 Å². The molecule has 0 saturated carbocycles. The fourth-order valence-corrected chi connectivity index (χ4v) is 3.11. The molecule has 1 amide bonds. The summed E-state index contributed by atoms with van der Waals surface area (Å²) in [4.78, 5) is 23.5. The lowest BCUT2D eigenvalue weighted by molar-refractivity contribution is -0.140. The number of aliphatic carboxylic acids is 1. The van der Waals surface area contributed by atoms with E-state index in [1.54, 1.807) is 0 Å². The topological polar surface area (TPSA) is 84.9 Å². The molecule has 138 valence electrons. The molecular weight excluding hydrogens is 322 g/mol. The molecule has 1 aliphatic rings. The van der Waals surface area contributed by atoms with Gasteiger partial charge in [0.15, 0.2) is 6.61 Å². The molecule has 1 aliphatic heterocycles. The van der Waals surface area contributed by atoms with Gasteiger partial charge in [-0.3, -0.25) is 9.59 Å². The Hall–Kier alpha value is -2.08. The minimum Gasteiger partial charge on any atom is -0.483 e. The van der Waals surface area contributed by atoms with Crippen molar-refractivity contribution >= 4 is 11.9 Å². The first kappa shape index (κ1) is 19.2. The van der Waals surface area contributed by atoms with Crippen LogP contribution in [0.1, 0.15) is 51.0 Å². The smallest absolute Gasteiger partial charge is 0.305 e. The van der Waals surface area contributed by atoms with Crippen molar-refractivity contribution in [1.29, 1.82) is 0 Å². The Labute approximate surface area is 148 Å².